The van der Waals surface area contributed by atoms with Crippen molar-refractivity contribution in [2.45, 2.75) is 52.7 Å². The van der Waals surface area contributed by atoms with Crippen LogP contribution in [0.25, 0.3) is 0 Å². The molecule has 2 amide bonds. The van der Waals surface area contributed by atoms with Gasteiger partial charge in [-0.25, -0.2) is 8.42 Å². The zero-order valence-corrected chi connectivity index (χ0v) is 22.4. The highest BCUT2D eigenvalue weighted by Gasteiger charge is 2.31. The minimum absolute atomic E-state index is 0.0400. The van der Waals surface area contributed by atoms with Crippen molar-refractivity contribution in [2.24, 2.45) is 0 Å². The van der Waals surface area contributed by atoms with E-state index < -0.39 is 28.5 Å². The molecule has 2 aromatic rings. The molecule has 0 unspecified atom stereocenters. The summed E-state index contributed by atoms with van der Waals surface area (Å²) in [6, 6.07) is 12.7. The van der Waals surface area contributed by atoms with Crippen LogP contribution in [0.3, 0.4) is 0 Å². The molecule has 0 aliphatic heterocycles. The van der Waals surface area contributed by atoms with E-state index in [-0.39, 0.29) is 24.2 Å². The fraction of sp³-hybridized carbons (Fsp3) is 0.440. The van der Waals surface area contributed by atoms with Crippen LogP contribution in [-0.4, -0.2) is 56.6 Å². The maximum Gasteiger partial charge on any atom is 0.244 e. The van der Waals surface area contributed by atoms with Gasteiger partial charge in [-0.2, -0.15) is 0 Å². The number of benzene rings is 2. The first kappa shape index (κ1) is 28.5. The van der Waals surface area contributed by atoms with Gasteiger partial charge in [-0.3, -0.25) is 13.9 Å². The van der Waals surface area contributed by atoms with Crippen LogP contribution in [0.4, 0.5) is 5.69 Å². The monoisotopic (exact) mass is 523 g/mol. The molecule has 0 fully saturated rings. The number of hydrogen-bond acceptors (Lipinski definition) is 5. The predicted molar refractivity (Wildman–Crippen MR) is 139 cm³/mol. The normalized spacial score (nSPS) is 13.0. The third-order valence-electron chi connectivity index (χ3n) is 5.58. The standard InChI is InChI=1S/C25H34ClN3O5S/c1-6-18(3)27-25(31)19(4)28(16-20-12-8-9-13-21(20)26)24(30)17-29(35(5,32)33)22-14-10-11-15-23(22)34-7-2/h8-15,18-19H,6-7,16-17H2,1-5H3,(H,27,31)/t18-,19-/m1/s1. The van der Waals surface area contributed by atoms with Gasteiger partial charge in [0.15, 0.2) is 0 Å². The zero-order chi connectivity index (χ0) is 26.2. The molecular formula is C25H34ClN3O5S. The summed E-state index contributed by atoms with van der Waals surface area (Å²) in [5, 5.41) is 3.33. The van der Waals surface area contributed by atoms with Gasteiger partial charge in [0.1, 0.15) is 18.3 Å². The van der Waals surface area contributed by atoms with Crippen LogP contribution in [0.1, 0.15) is 39.7 Å². The minimum atomic E-state index is -3.86. The summed E-state index contributed by atoms with van der Waals surface area (Å²) in [4.78, 5) is 27.9. The van der Waals surface area contributed by atoms with Crippen LogP contribution < -0.4 is 14.4 Å². The predicted octanol–water partition coefficient (Wildman–Crippen LogP) is 3.84. The van der Waals surface area contributed by atoms with Crippen molar-refractivity contribution in [1.29, 1.82) is 0 Å². The molecule has 0 radical (unpaired) electrons. The Hall–Kier alpha value is -2.78. The van der Waals surface area contributed by atoms with Crippen molar-refractivity contribution < 1.29 is 22.7 Å². The Morgan fingerprint density at radius 3 is 2.29 bits per heavy atom. The number of sulfonamides is 1. The van der Waals surface area contributed by atoms with Gasteiger partial charge < -0.3 is 15.0 Å². The second-order valence-corrected chi connectivity index (χ2v) is 10.6. The van der Waals surface area contributed by atoms with E-state index >= 15 is 0 Å². The number of halogens is 1. The molecule has 2 atom stereocenters. The molecule has 0 aliphatic carbocycles. The van der Waals surface area contributed by atoms with Gasteiger partial charge in [0.05, 0.1) is 18.6 Å². The van der Waals surface area contributed by atoms with Crippen molar-refractivity contribution in [3.05, 3.63) is 59.1 Å². The highest BCUT2D eigenvalue weighted by atomic mass is 35.5. The molecular weight excluding hydrogens is 490 g/mol. The highest BCUT2D eigenvalue weighted by Crippen LogP contribution is 2.30. The van der Waals surface area contributed by atoms with Crippen LogP contribution in [0.2, 0.25) is 5.02 Å². The highest BCUT2D eigenvalue weighted by molar-refractivity contribution is 7.92. The number of ether oxygens (including phenoxy) is 1. The van der Waals surface area contributed by atoms with E-state index in [2.05, 4.69) is 5.32 Å². The van der Waals surface area contributed by atoms with Gasteiger partial charge in [0.2, 0.25) is 21.8 Å². The summed E-state index contributed by atoms with van der Waals surface area (Å²) in [6.45, 7) is 7.09. The molecule has 10 heteroatoms. The summed E-state index contributed by atoms with van der Waals surface area (Å²) < 4.78 is 32.1. The lowest BCUT2D eigenvalue weighted by atomic mass is 10.1. The Kier molecular flexibility index (Phi) is 10.4. The molecule has 2 aromatic carbocycles. The summed E-state index contributed by atoms with van der Waals surface area (Å²) in [5.41, 5.74) is 0.894. The number of carbonyl (C=O) groups is 2. The first-order valence-electron chi connectivity index (χ1n) is 11.5. The number of anilines is 1. The second-order valence-electron chi connectivity index (χ2n) is 8.28. The van der Waals surface area contributed by atoms with E-state index in [4.69, 9.17) is 16.3 Å². The van der Waals surface area contributed by atoms with Gasteiger partial charge in [0, 0.05) is 17.6 Å². The van der Waals surface area contributed by atoms with Crippen molar-refractivity contribution in [2.75, 3.05) is 23.7 Å². The molecule has 1 N–H and O–H groups in total. The van der Waals surface area contributed by atoms with Crippen molar-refractivity contribution in [3.8, 4) is 5.75 Å². The Labute approximate surface area is 213 Å². The van der Waals surface area contributed by atoms with Crippen molar-refractivity contribution >= 4 is 39.1 Å². The maximum atomic E-state index is 13.6. The lowest BCUT2D eigenvalue weighted by Gasteiger charge is -2.32. The number of nitrogens with one attached hydrogen (secondary N) is 1. The molecule has 0 aliphatic rings. The molecule has 0 saturated carbocycles. The van der Waals surface area contributed by atoms with E-state index in [1.807, 2.05) is 13.8 Å². The maximum absolute atomic E-state index is 13.6. The molecule has 8 nitrogen and oxygen atoms in total. The molecule has 2 rings (SSSR count). The average molecular weight is 524 g/mol. The lowest BCUT2D eigenvalue weighted by molar-refractivity contribution is -0.139. The fourth-order valence-corrected chi connectivity index (χ4v) is 4.44. The molecule has 0 spiro atoms. The van der Waals surface area contributed by atoms with E-state index in [9.17, 15) is 18.0 Å². The molecule has 0 aromatic heterocycles. The molecule has 35 heavy (non-hydrogen) atoms. The summed E-state index contributed by atoms with van der Waals surface area (Å²) in [7, 11) is -3.86. The number of nitrogens with zero attached hydrogens (tertiary/aromatic N) is 2. The summed E-state index contributed by atoms with van der Waals surface area (Å²) in [5.74, 6) is -0.540. The zero-order valence-electron chi connectivity index (χ0n) is 20.8. The Morgan fingerprint density at radius 2 is 1.69 bits per heavy atom. The van der Waals surface area contributed by atoms with Gasteiger partial charge >= 0.3 is 0 Å². The van der Waals surface area contributed by atoms with Gasteiger partial charge in [-0.1, -0.05) is 48.9 Å². The summed E-state index contributed by atoms with van der Waals surface area (Å²) in [6.07, 6.45) is 1.76. The Balaban J connectivity index is 2.45. The molecule has 0 heterocycles. The minimum Gasteiger partial charge on any atom is -0.492 e. The Bertz CT molecular complexity index is 1130. The number of carbonyl (C=O) groups excluding carboxylic acids is 2. The third-order valence-corrected chi connectivity index (χ3v) is 7.08. The SMILES string of the molecule is CCOc1ccccc1N(CC(=O)N(Cc1ccccc1Cl)[C@H](C)C(=O)N[C@H](C)CC)S(C)(=O)=O. The van der Waals surface area contributed by atoms with Crippen molar-refractivity contribution in [3.63, 3.8) is 0 Å². The van der Waals surface area contributed by atoms with Crippen LogP contribution in [0.15, 0.2) is 48.5 Å². The first-order valence-corrected chi connectivity index (χ1v) is 13.7. The first-order chi connectivity index (χ1) is 16.5. The van der Waals surface area contributed by atoms with E-state index in [0.717, 1.165) is 17.0 Å². The van der Waals surface area contributed by atoms with Crippen LogP contribution >= 0.6 is 11.6 Å². The number of hydrogen-bond donors (Lipinski definition) is 1. The van der Waals surface area contributed by atoms with Crippen LogP contribution in [-0.2, 0) is 26.2 Å². The van der Waals surface area contributed by atoms with E-state index in [0.29, 0.717) is 22.9 Å². The molecule has 192 valence electrons. The fourth-order valence-electron chi connectivity index (χ4n) is 3.39. The average Bonchev–Trinajstić information content (AvgIpc) is 2.81. The van der Waals surface area contributed by atoms with Crippen molar-refractivity contribution in [1.82, 2.24) is 10.2 Å². The third kappa shape index (κ3) is 7.86. The van der Waals surface area contributed by atoms with Crippen LogP contribution in [0.5, 0.6) is 5.75 Å². The van der Waals surface area contributed by atoms with Gasteiger partial charge in [0.25, 0.3) is 0 Å². The Morgan fingerprint density at radius 1 is 1.06 bits per heavy atom. The molecule has 0 saturated heterocycles. The van der Waals surface area contributed by atoms with Gasteiger partial charge in [-0.15, -0.1) is 0 Å². The van der Waals surface area contributed by atoms with Gasteiger partial charge in [-0.05, 0) is 51.0 Å². The number of para-hydroxylation sites is 2. The molecule has 0 bridgehead atoms. The van der Waals surface area contributed by atoms with E-state index in [1.165, 1.54) is 4.90 Å². The van der Waals surface area contributed by atoms with Crippen LogP contribution in [0, 0.1) is 0 Å². The summed E-state index contributed by atoms with van der Waals surface area (Å²) >= 11 is 6.33. The quantitative estimate of drug-likeness (QED) is 0.456. The smallest absolute Gasteiger partial charge is 0.244 e. The topological polar surface area (TPSA) is 96.0 Å². The van der Waals surface area contributed by atoms with E-state index in [1.54, 1.807) is 62.4 Å². The number of rotatable bonds is 12. The lowest BCUT2D eigenvalue weighted by Crippen LogP contribution is -2.52. The largest absolute Gasteiger partial charge is 0.492 e. The second kappa shape index (κ2) is 12.8. The number of amides is 2.